The average Bonchev–Trinajstić information content (AvgIpc) is 2.45. The van der Waals surface area contributed by atoms with Crippen LogP contribution in [0.15, 0.2) is 48.5 Å². The molecule has 0 radical (unpaired) electrons. The minimum atomic E-state index is -4.38. The molecule has 0 atom stereocenters. The number of benzene rings is 3. The Kier molecular flexibility index (Phi) is 3.49. The van der Waals surface area contributed by atoms with Crippen LogP contribution in [-0.2, 0) is 10.7 Å². The van der Waals surface area contributed by atoms with Crippen LogP contribution in [0.25, 0.3) is 21.5 Å². The van der Waals surface area contributed by atoms with Gasteiger partial charge in [0, 0.05) is 0 Å². The zero-order valence-electron chi connectivity index (χ0n) is 11.4. The van der Waals surface area contributed by atoms with Crippen LogP contribution < -0.4 is 0 Å². The number of hydrogen-bond donors (Lipinski definition) is 3. The van der Waals surface area contributed by atoms with Crippen LogP contribution in [0, 0.1) is 0 Å². The van der Waals surface area contributed by atoms with Crippen LogP contribution in [0.1, 0.15) is 15.9 Å². The molecule has 3 aromatic rings. The van der Waals surface area contributed by atoms with E-state index >= 15 is 0 Å². The van der Waals surface area contributed by atoms with Crippen molar-refractivity contribution in [3.8, 4) is 0 Å². The average molecular weight is 316 g/mol. The van der Waals surface area contributed by atoms with E-state index in [-0.39, 0.29) is 11.1 Å². The monoisotopic (exact) mass is 316 g/mol. The summed E-state index contributed by atoms with van der Waals surface area (Å²) in [6.07, 6.45) is -0.593. The largest absolute Gasteiger partial charge is 0.478 e. The van der Waals surface area contributed by atoms with Gasteiger partial charge >= 0.3 is 13.6 Å². The maximum absolute atomic E-state index is 11.4. The van der Waals surface area contributed by atoms with Crippen LogP contribution >= 0.6 is 7.60 Å². The second-order valence-electron chi connectivity index (χ2n) is 5.10. The highest BCUT2D eigenvalue weighted by atomic mass is 31.2. The highest BCUT2D eigenvalue weighted by Crippen LogP contribution is 2.42. The van der Waals surface area contributed by atoms with Gasteiger partial charge in [0.2, 0.25) is 0 Å². The molecule has 0 unspecified atom stereocenters. The van der Waals surface area contributed by atoms with E-state index in [2.05, 4.69) is 0 Å². The highest BCUT2D eigenvalue weighted by molar-refractivity contribution is 7.50. The second kappa shape index (κ2) is 5.21. The van der Waals surface area contributed by atoms with Gasteiger partial charge in [-0.15, -0.1) is 0 Å². The third-order valence-corrected chi connectivity index (χ3v) is 4.36. The number of hydrogen-bond acceptors (Lipinski definition) is 2. The molecule has 0 bridgehead atoms. The van der Waals surface area contributed by atoms with Crippen LogP contribution in [0.5, 0.6) is 0 Å². The van der Waals surface area contributed by atoms with Crippen LogP contribution in [0.3, 0.4) is 0 Å². The Labute approximate surface area is 126 Å². The number of carbonyl (C=O) groups is 1. The van der Waals surface area contributed by atoms with Gasteiger partial charge in [-0.2, -0.15) is 0 Å². The van der Waals surface area contributed by atoms with Crippen molar-refractivity contribution in [2.75, 3.05) is 0 Å². The van der Waals surface area contributed by atoms with Gasteiger partial charge in [-0.1, -0.05) is 42.5 Å². The number of rotatable bonds is 3. The van der Waals surface area contributed by atoms with Crippen molar-refractivity contribution in [3.63, 3.8) is 0 Å². The first-order valence-corrected chi connectivity index (χ1v) is 8.38. The molecule has 6 heteroatoms. The first-order chi connectivity index (χ1) is 10.4. The first-order valence-electron chi connectivity index (χ1n) is 6.58. The molecule has 0 fully saturated rings. The minimum Gasteiger partial charge on any atom is -0.478 e. The Morgan fingerprint density at radius 3 is 2.27 bits per heavy atom. The van der Waals surface area contributed by atoms with Gasteiger partial charge < -0.3 is 14.9 Å². The fourth-order valence-electron chi connectivity index (χ4n) is 2.73. The molecule has 3 rings (SSSR count). The number of carboxylic acid groups (broad SMARTS) is 1. The summed E-state index contributed by atoms with van der Waals surface area (Å²) in [5.41, 5.74) is 0.0928. The Balaban J connectivity index is 2.41. The fourth-order valence-corrected chi connectivity index (χ4v) is 3.48. The van der Waals surface area contributed by atoms with Gasteiger partial charge in [0.25, 0.3) is 0 Å². The van der Waals surface area contributed by atoms with Gasteiger partial charge in [0.15, 0.2) is 0 Å². The fraction of sp³-hybridized carbons (Fsp3) is 0.0625. The van der Waals surface area contributed by atoms with E-state index in [1.54, 1.807) is 12.1 Å². The SMILES string of the molecule is O=C(O)c1ccc2c(ccc3ccccc32)c1CP(=O)(O)O. The normalized spacial score (nSPS) is 11.9. The highest BCUT2D eigenvalue weighted by Gasteiger charge is 2.22. The molecule has 0 heterocycles. The third kappa shape index (κ3) is 2.62. The predicted molar refractivity (Wildman–Crippen MR) is 84.2 cm³/mol. The standard InChI is InChI=1S/C16H13O5P/c17-16(18)14-8-7-12-11-4-2-1-3-10(11)5-6-13(12)15(14)9-22(19,20)21/h1-8H,9H2,(H,17,18)(H2,19,20,21). The molecule has 0 saturated carbocycles. The van der Waals surface area contributed by atoms with E-state index in [0.29, 0.717) is 5.39 Å². The van der Waals surface area contributed by atoms with E-state index < -0.39 is 19.7 Å². The molecular formula is C16H13O5P. The predicted octanol–water partition coefficient (Wildman–Crippen LogP) is 3.37. The summed E-state index contributed by atoms with van der Waals surface area (Å²) in [5, 5.41) is 12.5. The van der Waals surface area contributed by atoms with E-state index in [1.165, 1.54) is 6.07 Å². The molecule has 22 heavy (non-hydrogen) atoms. The van der Waals surface area contributed by atoms with Crippen molar-refractivity contribution in [1.29, 1.82) is 0 Å². The number of carboxylic acids is 1. The first kappa shape index (κ1) is 14.7. The zero-order valence-corrected chi connectivity index (χ0v) is 12.3. The third-order valence-electron chi connectivity index (χ3n) is 3.63. The quantitative estimate of drug-likeness (QED) is 0.509. The lowest BCUT2D eigenvalue weighted by Gasteiger charge is -2.13. The van der Waals surface area contributed by atoms with Crippen LogP contribution in [0.2, 0.25) is 0 Å². The molecule has 0 amide bonds. The van der Waals surface area contributed by atoms with Crippen molar-refractivity contribution in [2.45, 2.75) is 6.16 Å². The Hall–Kier alpha value is -2.20. The summed E-state index contributed by atoms with van der Waals surface area (Å²) in [6.45, 7) is 0. The van der Waals surface area contributed by atoms with Crippen LogP contribution in [0.4, 0.5) is 0 Å². The molecule has 0 aliphatic rings. The van der Waals surface area contributed by atoms with Gasteiger partial charge in [0.05, 0.1) is 11.7 Å². The van der Waals surface area contributed by atoms with Crippen molar-refractivity contribution in [3.05, 3.63) is 59.7 Å². The Morgan fingerprint density at radius 2 is 1.59 bits per heavy atom. The zero-order chi connectivity index (χ0) is 15.9. The summed E-state index contributed by atoms with van der Waals surface area (Å²) < 4.78 is 11.4. The topological polar surface area (TPSA) is 94.8 Å². The molecule has 0 aliphatic heterocycles. The smallest absolute Gasteiger partial charge is 0.336 e. The molecule has 0 saturated heterocycles. The van der Waals surface area contributed by atoms with Gasteiger partial charge in [-0.25, -0.2) is 4.79 Å². The van der Waals surface area contributed by atoms with E-state index in [4.69, 9.17) is 0 Å². The summed E-state index contributed by atoms with van der Waals surface area (Å²) in [5.74, 6) is -1.20. The Morgan fingerprint density at radius 1 is 0.909 bits per heavy atom. The van der Waals surface area contributed by atoms with E-state index in [1.807, 2.05) is 30.3 Å². The summed E-state index contributed by atoms with van der Waals surface area (Å²) in [6, 6.07) is 14.2. The van der Waals surface area contributed by atoms with E-state index in [0.717, 1.165) is 16.2 Å². The molecule has 0 aliphatic carbocycles. The van der Waals surface area contributed by atoms with Crippen molar-refractivity contribution in [2.24, 2.45) is 0 Å². The molecule has 0 spiro atoms. The maximum atomic E-state index is 11.4. The lowest BCUT2D eigenvalue weighted by Crippen LogP contribution is -2.04. The molecule has 3 aromatic carbocycles. The number of fused-ring (bicyclic) bond motifs is 3. The van der Waals surface area contributed by atoms with Gasteiger partial charge in [-0.05, 0) is 33.2 Å². The molecule has 0 aromatic heterocycles. The van der Waals surface area contributed by atoms with Crippen molar-refractivity contribution >= 4 is 35.1 Å². The van der Waals surface area contributed by atoms with Crippen LogP contribution in [-0.4, -0.2) is 20.9 Å². The summed E-state index contributed by atoms with van der Waals surface area (Å²) in [7, 11) is -4.38. The van der Waals surface area contributed by atoms with E-state index in [9.17, 15) is 24.3 Å². The Bertz CT molecular complexity index is 942. The van der Waals surface area contributed by atoms with Crippen molar-refractivity contribution in [1.82, 2.24) is 0 Å². The minimum absolute atomic E-state index is 0.0777. The number of aromatic carboxylic acids is 1. The maximum Gasteiger partial charge on any atom is 0.336 e. The molecular weight excluding hydrogens is 303 g/mol. The second-order valence-corrected chi connectivity index (χ2v) is 6.75. The van der Waals surface area contributed by atoms with Gasteiger partial charge in [0.1, 0.15) is 0 Å². The summed E-state index contributed by atoms with van der Waals surface area (Å²) >= 11 is 0. The molecule has 3 N–H and O–H groups in total. The lowest BCUT2D eigenvalue weighted by atomic mass is 9.96. The van der Waals surface area contributed by atoms with Gasteiger partial charge in [-0.3, -0.25) is 4.57 Å². The summed E-state index contributed by atoms with van der Waals surface area (Å²) in [4.78, 5) is 29.9. The molecule has 5 nitrogen and oxygen atoms in total. The lowest BCUT2D eigenvalue weighted by molar-refractivity contribution is 0.0696. The van der Waals surface area contributed by atoms with Crippen molar-refractivity contribution < 1.29 is 24.3 Å². The molecule has 112 valence electrons.